The third kappa shape index (κ3) is 4.27. The minimum absolute atomic E-state index is 0. The van der Waals surface area contributed by atoms with Gasteiger partial charge < -0.3 is 5.32 Å². The van der Waals surface area contributed by atoms with E-state index in [0.29, 0.717) is 0 Å². The molecule has 2 rings (SSSR count). The Hall–Kier alpha value is -0.570. The Labute approximate surface area is 117 Å². The van der Waals surface area contributed by atoms with E-state index in [0.717, 1.165) is 25.7 Å². The standard InChI is InChI=1S/C15H24N2.ClH/c1-3-4-15-11-16-9-10-17(15)12-14-7-5-13(2)6-8-14;/h5-8,15-16H,3-4,9-12H2,1-2H3;1H. The number of hydrogen-bond acceptors (Lipinski definition) is 2. The summed E-state index contributed by atoms with van der Waals surface area (Å²) in [6, 6.07) is 9.68. The van der Waals surface area contributed by atoms with Gasteiger partial charge in [-0.15, -0.1) is 12.4 Å². The van der Waals surface area contributed by atoms with E-state index in [1.54, 1.807) is 0 Å². The molecule has 0 radical (unpaired) electrons. The summed E-state index contributed by atoms with van der Waals surface area (Å²) in [5, 5.41) is 3.50. The van der Waals surface area contributed by atoms with Crippen molar-refractivity contribution in [2.24, 2.45) is 0 Å². The van der Waals surface area contributed by atoms with Gasteiger partial charge >= 0.3 is 0 Å². The molecule has 1 saturated heterocycles. The minimum Gasteiger partial charge on any atom is -0.314 e. The third-order valence-corrected chi connectivity index (χ3v) is 3.60. The van der Waals surface area contributed by atoms with Gasteiger partial charge in [-0.2, -0.15) is 0 Å². The number of nitrogens with one attached hydrogen (secondary N) is 1. The highest BCUT2D eigenvalue weighted by atomic mass is 35.5. The lowest BCUT2D eigenvalue weighted by Gasteiger charge is -2.36. The molecular formula is C15H25ClN2. The Bertz CT molecular complexity index is 335. The Balaban J connectivity index is 0.00000162. The van der Waals surface area contributed by atoms with Crippen LogP contribution in [0.2, 0.25) is 0 Å². The van der Waals surface area contributed by atoms with E-state index in [9.17, 15) is 0 Å². The van der Waals surface area contributed by atoms with E-state index >= 15 is 0 Å². The van der Waals surface area contributed by atoms with Crippen molar-refractivity contribution < 1.29 is 0 Å². The second kappa shape index (κ2) is 7.78. The molecule has 1 N–H and O–H groups in total. The Kier molecular flexibility index (Phi) is 6.69. The van der Waals surface area contributed by atoms with E-state index in [1.165, 1.54) is 30.5 Å². The zero-order valence-corrected chi connectivity index (χ0v) is 12.3. The fourth-order valence-corrected chi connectivity index (χ4v) is 2.56. The maximum absolute atomic E-state index is 3.50. The van der Waals surface area contributed by atoms with Gasteiger partial charge in [-0.1, -0.05) is 43.2 Å². The summed E-state index contributed by atoms with van der Waals surface area (Å²) < 4.78 is 0. The highest BCUT2D eigenvalue weighted by molar-refractivity contribution is 5.85. The van der Waals surface area contributed by atoms with Crippen LogP contribution in [-0.4, -0.2) is 30.6 Å². The average molecular weight is 269 g/mol. The SMILES string of the molecule is CCCC1CNCCN1Cc1ccc(C)cc1.Cl. The van der Waals surface area contributed by atoms with Crippen molar-refractivity contribution in [1.82, 2.24) is 10.2 Å². The predicted molar refractivity (Wildman–Crippen MR) is 80.4 cm³/mol. The monoisotopic (exact) mass is 268 g/mol. The molecule has 1 heterocycles. The molecule has 0 aromatic heterocycles. The van der Waals surface area contributed by atoms with E-state index in [2.05, 4.69) is 48.3 Å². The molecule has 0 saturated carbocycles. The van der Waals surface area contributed by atoms with E-state index < -0.39 is 0 Å². The quantitative estimate of drug-likeness (QED) is 0.903. The van der Waals surface area contributed by atoms with Crippen LogP contribution in [0.1, 0.15) is 30.9 Å². The fourth-order valence-electron chi connectivity index (χ4n) is 2.56. The van der Waals surface area contributed by atoms with Gasteiger partial charge in [-0.3, -0.25) is 4.90 Å². The zero-order valence-electron chi connectivity index (χ0n) is 11.5. The van der Waals surface area contributed by atoms with Crippen LogP contribution in [0.5, 0.6) is 0 Å². The second-order valence-electron chi connectivity index (χ2n) is 5.10. The maximum Gasteiger partial charge on any atom is 0.0237 e. The van der Waals surface area contributed by atoms with Crippen LogP contribution in [0.15, 0.2) is 24.3 Å². The molecule has 18 heavy (non-hydrogen) atoms. The molecule has 0 aliphatic carbocycles. The molecule has 1 aromatic rings. The summed E-state index contributed by atoms with van der Waals surface area (Å²) in [5.74, 6) is 0. The van der Waals surface area contributed by atoms with Gasteiger partial charge in [0.25, 0.3) is 0 Å². The first kappa shape index (κ1) is 15.5. The van der Waals surface area contributed by atoms with Gasteiger partial charge in [-0.05, 0) is 18.9 Å². The van der Waals surface area contributed by atoms with Gasteiger partial charge in [0.15, 0.2) is 0 Å². The van der Waals surface area contributed by atoms with Crippen molar-refractivity contribution in [2.45, 2.75) is 39.3 Å². The summed E-state index contributed by atoms with van der Waals surface area (Å²) in [6.07, 6.45) is 2.58. The normalized spacial score (nSPS) is 20.4. The molecule has 1 fully saturated rings. The van der Waals surface area contributed by atoms with E-state index in [1.807, 2.05) is 0 Å². The van der Waals surface area contributed by atoms with Crippen molar-refractivity contribution in [3.8, 4) is 0 Å². The highest BCUT2D eigenvalue weighted by Crippen LogP contribution is 2.14. The topological polar surface area (TPSA) is 15.3 Å². The summed E-state index contributed by atoms with van der Waals surface area (Å²) in [5.41, 5.74) is 2.79. The summed E-state index contributed by atoms with van der Waals surface area (Å²) in [7, 11) is 0. The lowest BCUT2D eigenvalue weighted by molar-refractivity contribution is 0.144. The van der Waals surface area contributed by atoms with Gasteiger partial charge in [0, 0.05) is 32.2 Å². The number of benzene rings is 1. The van der Waals surface area contributed by atoms with Crippen LogP contribution >= 0.6 is 12.4 Å². The number of piperazine rings is 1. The number of halogens is 1. The van der Waals surface area contributed by atoms with Crippen LogP contribution in [0.3, 0.4) is 0 Å². The van der Waals surface area contributed by atoms with Gasteiger partial charge in [0.05, 0.1) is 0 Å². The predicted octanol–water partition coefficient (Wildman–Crippen LogP) is 2.99. The Morgan fingerprint density at radius 3 is 2.67 bits per heavy atom. The first-order valence-corrected chi connectivity index (χ1v) is 6.80. The first-order chi connectivity index (χ1) is 8.29. The molecule has 1 atom stereocenters. The fraction of sp³-hybridized carbons (Fsp3) is 0.600. The third-order valence-electron chi connectivity index (χ3n) is 3.60. The molecule has 0 amide bonds. The van der Waals surface area contributed by atoms with Crippen LogP contribution in [0.4, 0.5) is 0 Å². The lowest BCUT2D eigenvalue weighted by Crippen LogP contribution is -2.50. The van der Waals surface area contributed by atoms with Crippen LogP contribution in [0, 0.1) is 6.92 Å². The summed E-state index contributed by atoms with van der Waals surface area (Å²) >= 11 is 0. The molecule has 2 nitrogen and oxygen atoms in total. The van der Waals surface area contributed by atoms with Crippen LogP contribution in [-0.2, 0) is 6.54 Å². The van der Waals surface area contributed by atoms with Crippen molar-refractivity contribution in [3.05, 3.63) is 35.4 Å². The number of aryl methyl sites for hydroxylation is 1. The molecule has 1 aliphatic rings. The van der Waals surface area contributed by atoms with Crippen LogP contribution < -0.4 is 5.32 Å². The second-order valence-corrected chi connectivity index (χ2v) is 5.10. The lowest BCUT2D eigenvalue weighted by atomic mass is 10.1. The molecule has 1 aliphatic heterocycles. The number of hydrogen-bond donors (Lipinski definition) is 1. The van der Waals surface area contributed by atoms with Gasteiger partial charge in [-0.25, -0.2) is 0 Å². The summed E-state index contributed by atoms with van der Waals surface area (Å²) in [4.78, 5) is 2.63. The van der Waals surface area contributed by atoms with E-state index in [-0.39, 0.29) is 12.4 Å². The van der Waals surface area contributed by atoms with E-state index in [4.69, 9.17) is 0 Å². The van der Waals surface area contributed by atoms with Crippen molar-refractivity contribution in [1.29, 1.82) is 0 Å². The first-order valence-electron chi connectivity index (χ1n) is 6.80. The number of rotatable bonds is 4. The van der Waals surface area contributed by atoms with Crippen LogP contribution in [0.25, 0.3) is 0 Å². The molecule has 1 aromatic carbocycles. The minimum atomic E-state index is 0. The molecular weight excluding hydrogens is 244 g/mol. The molecule has 102 valence electrons. The number of nitrogens with zero attached hydrogens (tertiary/aromatic N) is 1. The highest BCUT2D eigenvalue weighted by Gasteiger charge is 2.20. The summed E-state index contributed by atoms with van der Waals surface area (Å²) in [6.45, 7) is 8.99. The Morgan fingerprint density at radius 1 is 1.28 bits per heavy atom. The van der Waals surface area contributed by atoms with Gasteiger partial charge in [0.1, 0.15) is 0 Å². The molecule has 3 heteroatoms. The van der Waals surface area contributed by atoms with Crippen molar-refractivity contribution in [3.63, 3.8) is 0 Å². The maximum atomic E-state index is 3.50. The molecule has 0 spiro atoms. The average Bonchev–Trinajstić information content (AvgIpc) is 2.35. The smallest absolute Gasteiger partial charge is 0.0237 e. The van der Waals surface area contributed by atoms with Crippen molar-refractivity contribution in [2.75, 3.05) is 19.6 Å². The van der Waals surface area contributed by atoms with Crippen molar-refractivity contribution >= 4 is 12.4 Å². The largest absolute Gasteiger partial charge is 0.314 e. The molecule has 1 unspecified atom stereocenters. The molecule has 0 bridgehead atoms. The zero-order chi connectivity index (χ0) is 12.1. The Morgan fingerprint density at radius 2 is 2.00 bits per heavy atom. The van der Waals surface area contributed by atoms with Gasteiger partial charge in [0.2, 0.25) is 0 Å².